The van der Waals surface area contributed by atoms with Gasteiger partial charge in [0.1, 0.15) is 11.9 Å². The highest BCUT2D eigenvalue weighted by atomic mass is 16.6. The maximum Gasteiger partial charge on any atom is 0.410 e. The Morgan fingerprint density at radius 3 is 2.25 bits per heavy atom. The predicted octanol–water partition coefficient (Wildman–Crippen LogP) is 4.03. The largest absolute Gasteiger partial charge is 0.444 e. The number of rotatable bonds is 0. The molecule has 2 rings (SSSR count). The maximum absolute atomic E-state index is 11.9. The standard InChI is InChI=1S/C12H21NO2.C2H4O.C2H6/c1-12(2,3)15-11(14)13-8-7-9-5-4-6-10(9)13;1-2-3;1-2/h9-10H,4-8H2,1-3H3;2H,1H3;1-2H3. The Bertz CT molecular complexity index is 297. The first-order chi connectivity index (χ1) is 9.39. The number of likely N-dealkylation sites (tertiary alicyclic amines) is 1. The van der Waals surface area contributed by atoms with Crippen molar-refractivity contribution >= 4 is 12.4 Å². The number of hydrogen-bond donors (Lipinski definition) is 0. The molecule has 20 heavy (non-hydrogen) atoms. The molecule has 0 N–H and O–H groups in total. The molecule has 0 radical (unpaired) electrons. The Balaban J connectivity index is 0.000000641. The third-order valence-electron chi connectivity index (χ3n) is 3.39. The van der Waals surface area contributed by atoms with Crippen LogP contribution in [0.4, 0.5) is 4.79 Å². The molecule has 2 atom stereocenters. The lowest BCUT2D eigenvalue weighted by molar-refractivity contribution is -0.106. The molecule has 1 saturated heterocycles. The van der Waals surface area contributed by atoms with E-state index in [-0.39, 0.29) is 11.7 Å². The predicted molar refractivity (Wildman–Crippen MR) is 81.8 cm³/mol. The van der Waals surface area contributed by atoms with Crippen molar-refractivity contribution in [3.8, 4) is 0 Å². The zero-order chi connectivity index (χ0) is 15.8. The molecule has 1 aliphatic heterocycles. The van der Waals surface area contributed by atoms with E-state index in [2.05, 4.69) is 0 Å². The number of carbonyl (C=O) groups is 2. The van der Waals surface area contributed by atoms with Crippen LogP contribution in [0.2, 0.25) is 0 Å². The van der Waals surface area contributed by atoms with E-state index in [1.807, 2.05) is 39.5 Å². The average Bonchev–Trinajstić information content (AvgIpc) is 2.91. The van der Waals surface area contributed by atoms with Gasteiger partial charge in [-0.1, -0.05) is 20.3 Å². The van der Waals surface area contributed by atoms with Gasteiger partial charge in [-0.15, -0.1) is 0 Å². The second kappa shape index (κ2) is 8.98. The van der Waals surface area contributed by atoms with Crippen LogP contribution in [0.3, 0.4) is 0 Å². The second-order valence-electron chi connectivity index (χ2n) is 5.96. The van der Waals surface area contributed by atoms with E-state index in [9.17, 15) is 4.79 Å². The summed E-state index contributed by atoms with van der Waals surface area (Å²) in [6.45, 7) is 12.1. The molecule has 1 heterocycles. The van der Waals surface area contributed by atoms with E-state index in [0.29, 0.717) is 6.04 Å². The van der Waals surface area contributed by atoms with Gasteiger partial charge in [0.15, 0.2) is 0 Å². The number of hydrogen-bond acceptors (Lipinski definition) is 3. The third-order valence-corrected chi connectivity index (χ3v) is 3.39. The fourth-order valence-corrected chi connectivity index (χ4v) is 2.78. The monoisotopic (exact) mass is 285 g/mol. The number of carbonyl (C=O) groups excluding carboxylic acids is 2. The van der Waals surface area contributed by atoms with Gasteiger partial charge in [0.2, 0.25) is 0 Å². The van der Waals surface area contributed by atoms with Crippen molar-refractivity contribution in [1.82, 2.24) is 4.90 Å². The fraction of sp³-hybridized carbons (Fsp3) is 0.875. The molecular formula is C16H31NO3. The molecule has 0 bridgehead atoms. The molecule has 0 aromatic rings. The molecule has 4 heteroatoms. The topological polar surface area (TPSA) is 46.6 Å². The molecule has 1 aliphatic carbocycles. The minimum Gasteiger partial charge on any atom is -0.444 e. The minimum absolute atomic E-state index is 0.114. The molecular weight excluding hydrogens is 254 g/mol. The number of fused-ring (bicyclic) bond motifs is 1. The summed E-state index contributed by atoms with van der Waals surface area (Å²) < 4.78 is 5.42. The van der Waals surface area contributed by atoms with Crippen molar-refractivity contribution in [2.24, 2.45) is 5.92 Å². The molecule has 0 aromatic carbocycles. The van der Waals surface area contributed by atoms with E-state index in [0.717, 1.165) is 18.7 Å². The van der Waals surface area contributed by atoms with Crippen LogP contribution in [0.5, 0.6) is 0 Å². The van der Waals surface area contributed by atoms with E-state index >= 15 is 0 Å². The summed E-state index contributed by atoms with van der Waals surface area (Å²) in [7, 11) is 0. The zero-order valence-corrected chi connectivity index (χ0v) is 13.9. The van der Waals surface area contributed by atoms with Gasteiger partial charge in [-0.3, -0.25) is 0 Å². The van der Waals surface area contributed by atoms with E-state index in [1.165, 1.54) is 32.6 Å². The van der Waals surface area contributed by atoms with Crippen molar-refractivity contribution in [3.05, 3.63) is 0 Å². The molecule has 4 nitrogen and oxygen atoms in total. The summed E-state index contributed by atoms with van der Waals surface area (Å²) in [4.78, 5) is 22.7. The molecule has 1 amide bonds. The maximum atomic E-state index is 11.9. The Morgan fingerprint density at radius 1 is 1.20 bits per heavy atom. The van der Waals surface area contributed by atoms with Gasteiger partial charge in [-0.25, -0.2) is 4.79 Å². The number of amides is 1. The summed E-state index contributed by atoms with van der Waals surface area (Å²) in [5.74, 6) is 0.748. The average molecular weight is 285 g/mol. The van der Waals surface area contributed by atoms with Crippen molar-refractivity contribution < 1.29 is 14.3 Å². The summed E-state index contributed by atoms with van der Waals surface area (Å²) in [6, 6.07) is 0.472. The number of ether oxygens (including phenoxy) is 1. The molecule has 118 valence electrons. The van der Waals surface area contributed by atoms with E-state index < -0.39 is 0 Å². The first kappa shape index (κ1) is 18.9. The Hall–Kier alpha value is -1.06. The highest BCUT2D eigenvalue weighted by Gasteiger charge is 2.41. The molecule has 2 unspecified atom stereocenters. The van der Waals surface area contributed by atoms with Crippen LogP contribution in [0.15, 0.2) is 0 Å². The van der Waals surface area contributed by atoms with Crippen molar-refractivity contribution in [1.29, 1.82) is 0 Å². The zero-order valence-electron chi connectivity index (χ0n) is 13.9. The molecule has 0 aromatic heterocycles. The van der Waals surface area contributed by atoms with Crippen LogP contribution >= 0.6 is 0 Å². The van der Waals surface area contributed by atoms with Gasteiger partial charge in [-0.05, 0) is 52.9 Å². The van der Waals surface area contributed by atoms with E-state index in [1.54, 1.807) is 0 Å². The van der Waals surface area contributed by atoms with Gasteiger partial charge >= 0.3 is 6.09 Å². The van der Waals surface area contributed by atoms with Crippen LogP contribution in [0, 0.1) is 5.92 Å². The van der Waals surface area contributed by atoms with Crippen LogP contribution in [0.25, 0.3) is 0 Å². The first-order valence-corrected chi connectivity index (χ1v) is 7.78. The van der Waals surface area contributed by atoms with Crippen LogP contribution in [0.1, 0.15) is 67.2 Å². The van der Waals surface area contributed by atoms with Crippen molar-refractivity contribution in [2.45, 2.75) is 78.9 Å². The highest BCUT2D eigenvalue weighted by molar-refractivity contribution is 5.69. The first-order valence-electron chi connectivity index (χ1n) is 7.78. The minimum atomic E-state index is -0.367. The van der Waals surface area contributed by atoms with Gasteiger partial charge in [-0.2, -0.15) is 0 Å². The Labute approximate surface area is 123 Å². The van der Waals surface area contributed by atoms with Gasteiger partial charge in [0.25, 0.3) is 0 Å². The van der Waals surface area contributed by atoms with Gasteiger partial charge in [0.05, 0.1) is 0 Å². The molecule has 2 aliphatic rings. The summed E-state index contributed by atoms with van der Waals surface area (Å²) in [5.41, 5.74) is -0.367. The molecule has 1 saturated carbocycles. The van der Waals surface area contributed by atoms with Crippen LogP contribution < -0.4 is 0 Å². The number of aldehydes is 1. The summed E-state index contributed by atoms with van der Waals surface area (Å²) >= 11 is 0. The molecule has 0 spiro atoms. The van der Waals surface area contributed by atoms with E-state index in [4.69, 9.17) is 9.53 Å². The lowest BCUT2D eigenvalue weighted by Crippen LogP contribution is -2.40. The second-order valence-corrected chi connectivity index (χ2v) is 5.96. The normalized spacial score (nSPS) is 23.8. The van der Waals surface area contributed by atoms with Gasteiger partial charge in [0, 0.05) is 12.6 Å². The quantitative estimate of drug-likeness (QED) is 0.631. The highest BCUT2D eigenvalue weighted by Crippen LogP contribution is 2.38. The van der Waals surface area contributed by atoms with Crippen LogP contribution in [-0.2, 0) is 9.53 Å². The van der Waals surface area contributed by atoms with Crippen molar-refractivity contribution in [3.63, 3.8) is 0 Å². The van der Waals surface area contributed by atoms with Crippen molar-refractivity contribution in [2.75, 3.05) is 6.54 Å². The smallest absolute Gasteiger partial charge is 0.410 e. The lowest BCUT2D eigenvalue weighted by atomic mass is 10.1. The summed E-state index contributed by atoms with van der Waals surface area (Å²) in [5, 5.41) is 0. The fourth-order valence-electron chi connectivity index (χ4n) is 2.78. The SMILES string of the molecule is CC.CC(C)(C)OC(=O)N1CCC2CCCC21.CC=O. The third kappa shape index (κ3) is 5.93. The van der Waals surface area contributed by atoms with Gasteiger partial charge < -0.3 is 14.4 Å². The Morgan fingerprint density at radius 2 is 1.75 bits per heavy atom. The Kier molecular flexibility index (Phi) is 8.51. The van der Waals surface area contributed by atoms with Crippen LogP contribution in [-0.4, -0.2) is 35.5 Å². The number of nitrogens with zero attached hydrogens (tertiary/aromatic N) is 1. The lowest BCUT2D eigenvalue weighted by Gasteiger charge is -2.28. The summed E-state index contributed by atoms with van der Waals surface area (Å²) in [6.07, 6.45) is 5.55. The molecule has 2 fully saturated rings.